The molecule has 2 aromatic rings. The number of esters is 1. The van der Waals surface area contributed by atoms with Gasteiger partial charge in [-0.3, -0.25) is 13.9 Å². The molecule has 6 heteroatoms. The zero-order valence-corrected chi connectivity index (χ0v) is 16.6. The fourth-order valence-electron chi connectivity index (χ4n) is 3.62. The summed E-state index contributed by atoms with van der Waals surface area (Å²) in [7, 11) is 0. The van der Waals surface area contributed by atoms with Gasteiger partial charge in [0, 0.05) is 25.2 Å². The summed E-state index contributed by atoms with van der Waals surface area (Å²) in [5, 5.41) is 0. The van der Waals surface area contributed by atoms with Crippen molar-refractivity contribution >= 4 is 18.2 Å². The first-order chi connectivity index (χ1) is 12.5. The van der Waals surface area contributed by atoms with Crippen LogP contribution in [0.3, 0.4) is 0 Å². The largest absolute Gasteiger partial charge is 0.466 e. The number of nitrogens with zero attached hydrogens (tertiary/aromatic N) is 2. The fraction of sp³-hybridized carbons (Fsp3) is 0.500. The Hall–Kier alpha value is -1.92. The van der Waals surface area contributed by atoms with Crippen molar-refractivity contribution in [2.75, 3.05) is 19.7 Å². The maximum atomic E-state index is 11.9. The second-order valence-corrected chi connectivity index (χ2v) is 7.51. The van der Waals surface area contributed by atoms with Crippen molar-refractivity contribution < 1.29 is 14.4 Å². The van der Waals surface area contributed by atoms with E-state index >= 15 is 0 Å². The highest BCUT2D eigenvalue weighted by Gasteiger charge is 2.28. The van der Waals surface area contributed by atoms with Gasteiger partial charge in [-0.25, -0.2) is 0 Å². The third-order valence-electron chi connectivity index (χ3n) is 5.18. The minimum Gasteiger partial charge on any atom is -0.466 e. The number of quaternary nitrogens is 1. The molecule has 0 saturated carbocycles. The highest BCUT2D eigenvalue weighted by Crippen LogP contribution is 2.17. The number of benzene rings is 1. The highest BCUT2D eigenvalue weighted by atomic mass is 32.1. The SMILES string of the molecule is CCOC(=O)C1CC[NH+](Cn2ccn(-c3cc(C)ccc3C)c2=S)CC1. The summed E-state index contributed by atoms with van der Waals surface area (Å²) < 4.78 is 10.2. The maximum Gasteiger partial charge on any atom is 0.309 e. The van der Waals surface area contributed by atoms with Gasteiger partial charge >= 0.3 is 5.97 Å². The quantitative estimate of drug-likeness (QED) is 0.646. The Balaban J connectivity index is 1.67. The summed E-state index contributed by atoms with van der Waals surface area (Å²) in [6.07, 6.45) is 5.89. The van der Waals surface area contributed by atoms with Crippen LogP contribution < -0.4 is 4.90 Å². The molecule has 0 atom stereocenters. The van der Waals surface area contributed by atoms with Crippen LogP contribution in [0.5, 0.6) is 0 Å². The van der Waals surface area contributed by atoms with Crippen molar-refractivity contribution in [3.63, 3.8) is 0 Å². The molecule has 0 radical (unpaired) electrons. The molecule has 1 aliphatic heterocycles. The average molecular weight is 375 g/mol. The van der Waals surface area contributed by atoms with Crippen LogP contribution in [0.1, 0.15) is 30.9 Å². The Morgan fingerprint density at radius 3 is 2.69 bits per heavy atom. The maximum absolute atomic E-state index is 11.9. The number of piperidine rings is 1. The number of likely N-dealkylation sites (tertiary alicyclic amines) is 1. The Morgan fingerprint density at radius 2 is 2.00 bits per heavy atom. The lowest BCUT2D eigenvalue weighted by molar-refractivity contribution is -0.928. The molecule has 2 heterocycles. The molecular formula is C20H28N3O2S+. The van der Waals surface area contributed by atoms with Crippen LogP contribution in [0.4, 0.5) is 0 Å². The lowest BCUT2D eigenvalue weighted by Gasteiger charge is -2.28. The predicted octanol–water partition coefficient (Wildman–Crippen LogP) is 2.44. The van der Waals surface area contributed by atoms with Crippen molar-refractivity contribution in [2.45, 2.75) is 40.3 Å². The van der Waals surface area contributed by atoms with Crippen LogP contribution in [0.25, 0.3) is 5.69 Å². The van der Waals surface area contributed by atoms with E-state index in [9.17, 15) is 4.79 Å². The second-order valence-electron chi connectivity index (χ2n) is 7.14. The zero-order valence-electron chi connectivity index (χ0n) is 15.8. The number of hydrogen-bond acceptors (Lipinski definition) is 3. The number of nitrogens with one attached hydrogen (secondary N) is 1. The topological polar surface area (TPSA) is 40.6 Å². The number of aromatic nitrogens is 2. The summed E-state index contributed by atoms with van der Waals surface area (Å²) in [5.74, 6) is 0.0236. The third-order valence-corrected chi connectivity index (χ3v) is 5.61. The first-order valence-corrected chi connectivity index (χ1v) is 9.76. The van der Waals surface area contributed by atoms with E-state index in [4.69, 9.17) is 17.0 Å². The summed E-state index contributed by atoms with van der Waals surface area (Å²) in [6, 6.07) is 6.43. The first-order valence-electron chi connectivity index (χ1n) is 9.35. The highest BCUT2D eigenvalue weighted by molar-refractivity contribution is 7.71. The summed E-state index contributed by atoms with van der Waals surface area (Å²) in [5.41, 5.74) is 3.59. The number of ether oxygens (including phenoxy) is 1. The van der Waals surface area contributed by atoms with Crippen molar-refractivity contribution in [3.8, 4) is 5.69 Å². The number of carbonyl (C=O) groups excluding carboxylic acids is 1. The molecule has 1 fully saturated rings. The van der Waals surface area contributed by atoms with Crippen LogP contribution in [-0.2, 0) is 16.2 Å². The van der Waals surface area contributed by atoms with Crippen molar-refractivity contribution in [1.29, 1.82) is 0 Å². The van der Waals surface area contributed by atoms with E-state index in [0.29, 0.717) is 6.61 Å². The Kier molecular flexibility index (Phi) is 5.94. The standard InChI is InChI=1S/C20H27N3O2S/c1-4-25-19(24)17-7-9-21(10-8-17)14-22-11-12-23(20(22)26)18-13-15(2)5-6-16(18)3/h5-6,11-13,17H,4,7-10,14H2,1-3H3/p+1. The van der Waals surface area contributed by atoms with Gasteiger partial charge in [0.1, 0.15) is 0 Å². The molecule has 0 spiro atoms. The van der Waals surface area contributed by atoms with Gasteiger partial charge in [-0.1, -0.05) is 12.1 Å². The molecule has 0 bridgehead atoms. The van der Waals surface area contributed by atoms with E-state index in [2.05, 4.69) is 53.6 Å². The van der Waals surface area contributed by atoms with E-state index in [1.807, 2.05) is 6.92 Å². The normalized spacial score (nSPS) is 20.1. The van der Waals surface area contributed by atoms with Crippen LogP contribution in [0.2, 0.25) is 0 Å². The van der Waals surface area contributed by atoms with E-state index in [0.717, 1.165) is 43.1 Å². The molecule has 1 aromatic heterocycles. The van der Waals surface area contributed by atoms with Crippen molar-refractivity contribution in [2.24, 2.45) is 5.92 Å². The van der Waals surface area contributed by atoms with Gasteiger partial charge in [-0.15, -0.1) is 0 Å². The van der Waals surface area contributed by atoms with Crippen molar-refractivity contribution in [1.82, 2.24) is 9.13 Å². The Labute approximate surface area is 160 Å². The first kappa shape index (κ1) is 18.9. The van der Waals surface area contributed by atoms with E-state index < -0.39 is 0 Å². The smallest absolute Gasteiger partial charge is 0.309 e. The number of imidazole rings is 1. The number of hydrogen-bond donors (Lipinski definition) is 1. The van der Waals surface area contributed by atoms with E-state index in [-0.39, 0.29) is 11.9 Å². The van der Waals surface area contributed by atoms with Gasteiger partial charge in [-0.2, -0.15) is 0 Å². The molecule has 3 rings (SSSR count). The third kappa shape index (κ3) is 4.07. The van der Waals surface area contributed by atoms with Gasteiger partial charge in [0.15, 0.2) is 11.4 Å². The van der Waals surface area contributed by atoms with E-state index in [1.165, 1.54) is 16.0 Å². The minimum absolute atomic E-state index is 0.0377. The summed E-state index contributed by atoms with van der Waals surface area (Å²) in [4.78, 5) is 13.3. The molecule has 5 nitrogen and oxygen atoms in total. The monoisotopic (exact) mass is 374 g/mol. The van der Waals surface area contributed by atoms with Gasteiger partial charge in [0.05, 0.1) is 31.3 Å². The van der Waals surface area contributed by atoms with Crippen LogP contribution in [0.15, 0.2) is 30.6 Å². The summed E-state index contributed by atoms with van der Waals surface area (Å²) >= 11 is 5.72. The van der Waals surface area contributed by atoms with Crippen LogP contribution in [-0.4, -0.2) is 34.8 Å². The van der Waals surface area contributed by atoms with Gasteiger partial charge in [0.25, 0.3) is 0 Å². The molecule has 1 N–H and O–H groups in total. The van der Waals surface area contributed by atoms with Crippen LogP contribution >= 0.6 is 12.2 Å². The summed E-state index contributed by atoms with van der Waals surface area (Å²) in [6.45, 7) is 9.32. The molecule has 0 amide bonds. The molecule has 1 aromatic carbocycles. The van der Waals surface area contributed by atoms with Gasteiger partial charge in [0.2, 0.25) is 0 Å². The lowest BCUT2D eigenvalue weighted by Crippen LogP contribution is -3.12. The molecule has 0 aliphatic carbocycles. The molecular weight excluding hydrogens is 346 g/mol. The minimum atomic E-state index is -0.0377. The molecule has 26 heavy (non-hydrogen) atoms. The molecule has 1 saturated heterocycles. The molecule has 0 unspecified atom stereocenters. The Bertz CT molecular complexity index is 832. The Morgan fingerprint density at radius 1 is 1.27 bits per heavy atom. The number of aryl methyl sites for hydroxylation is 2. The average Bonchev–Trinajstić information content (AvgIpc) is 2.98. The number of rotatable bonds is 5. The second kappa shape index (κ2) is 8.18. The number of carbonyl (C=O) groups is 1. The fourth-order valence-corrected chi connectivity index (χ4v) is 3.90. The molecule has 1 aliphatic rings. The van der Waals surface area contributed by atoms with Gasteiger partial charge in [-0.05, 0) is 50.2 Å². The van der Waals surface area contributed by atoms with Gasteiger partial charge < -0.3 is 9.64 Å². The molecule has 140 valence electrons. The van der Waals surface area contributed by atoms with E-state index in [1.54, 1.807) is 0 Å². The predicted molar refractivity (Wildman–Crippen MR) is 104 cm³/mol. The zero-order chi connectivity index (χ0) is 18.7. The van der Waals surface area contributed by atoms with Crippen LogP contribution in [0, 0.1) is 24.5 Å². The lowest BCUT2D eigenvalue weighted by atomic mass is 9.97. The van der Waals surface area contributed by atoms with Crippen molar-refractivity contribution in [3.05, 3.63) is 46.5 Å².